The first kappa shape index (κ1) is 16.1. The summed E-state index contributed by atoms with van der Waals surface area (Å²) in [6, 6.07) is 5.93. The van der Waals surface area contributed by atoms with Gasteiger partial charge in [-0.25, -0.2) is 0 Å². The number of rotatable bonds is 3. The highest BCUT2D eigenvalue weighted by molar-refractivity contribution is 6.56. The van der Waals surface area contributed by atoms with E-state index < -0.39 is 7.12 Å². The van der Waals surface area contributed by atoms with E-state index in [1.165, 1.54) is 0 Å². The second kappa shape index (κ2) is 5.48. The van der Waals surface area contributed by atoms with Crippen LogP contribution in [-0.4, -0.2) is 24.9 Å². The Balaban J connectivity index is 2.33. The van der Waals surface area contributed by atoms with Gasteiger partial charge in [-0.05, 0) is 51.7 Å². The van der Waals surface area contributed by atoms with Crippen molar-refractivity contribution in [2.24, 2.45) is 5.73 Å². The minimum atomic E-state index is -0.431. The quantitative estimate of drug-likeness (QED) is 0.662. The van der Waals surface area contributed by atoms with Gasteiger partial charge in [-0.15, -0.1) is 0 Å². The largest absolute Gasteiger partial charge is 0.491 e. The molecule has 0 radical (unpaired) electrons. The highest BCUT2D eigenvalue weighted by Gasteiger charge is 2.52. The lowest BCUT2D eigenvalue weighted by Crippen LogP contribution is -2.41. The van der Waals surface area contributed by atoms with E-state index in [4.69, 9.17) is 20.8 Å². The van der Waals surface area contributed by atoms with Gasteiger partial charge in [0.15, 0.2) is 0 Å². The molecule has 0 saturated carbocycles. The van der Waals surface area contributed by atoms with Crippen LogP contribution >= 0.6 is 0 Å². The Hall–Kier alpha value is -1.30. The van der Waals surface area contributed by atoms with E-state index in [9.17, 15) is 0 Å². The van der Waals surface area contributed by atoms with Crippen LogP contribution in [0.1, 0.15) is 38.8 Å². The normalized spacial score (nSPS) is 20.9. The van der Waals surface area contributed by atoms with E-state index in [1.54, 1.807) is 0 Å². The number of aryl methyl sites for hydroxylation is 1. The van der Waals surface area contributed by atoms with Crippen LogP contribution in [0, 0.1) is 6.92 Å². The molecular weight excluding hydrogens is 263 g/mol. The molecular formula is C16H25BN2O2. The van der Waals surface area contributed by atoms with Crippen molar-refractivity contribution in [3.05, 3.63) is 34.8 Å². The predicted molar refractivity (Wildman–Crippen MR) is 88.7 cm³/mol. The first-order valence-corrected chi connectivity index (χ1v) is 7.28. The van der Waals surface area contributed by atoms with Crippen molar-refractivity contribution in [3.63, 3.8) is 0 Å². The van der Waals surface area contributed by atoms with E-state index in [0.717, 1.165) is 22.3 Å². The van der Waals surface area contributed by atoms with Gasteiger partial charge >= 0.3 is 7.12 Å². The van der Waals surface area contributed by atoms with Gasteiger partial charge in [-0.2, -0.15) is 0 Å². The van der Waals surface area contributed by atoms with Gasteiger partial charge in [0.1, 0.15) is 0 Å². The minimum Gasteiger partial charge on any atom is -0.400 e. The van der Waals surface area contributed by atoms with Gasteiger partial charge in [0, 0.05) is 12.2 Å². The molecule has 0 aromatic heterocycles. The lowest BCUT2D eigenvalue weighted by Gasteiger charge is -2.32. The Kier molecular flexibility index (Phi) is 4.20. The first-order valence-electron chi connectivity index (χ1n) is 7.28. The van der Waals surface area contributed by atoms with Gasteiger partial charge in [0.05, 0.1) is 11.2 Å². The SMILES string of the molecule is Cc1ccc(N)c(C=C(CN)B2OC(C)(C)C(C)(C)O2)c1. The minimum absolute atomic E-state index is 0.365. The van der Waals surface area contributed by atoms with Crippen LogP contribution in [0.5, 0.6) is 0 Å². The van der Waals surface area contributed by atoms with E-state index in [2.05, 4.69) is 0 Å². The molecule has 1 aliphatic heterocycles. The van der Waals surface area contributed by atoms with Crippen molar-refractivity contribution in [3.8, 4) is 0 Å². The summed E-state index contributed by atoms with van der Waals surface area (Å²) in [7, 11) is -0.431. The lowest BCUT2D eigenvalue weighted by atomic mass is 9.77. The van der Waals surface area contributed by atoms with E-state index in [0.29, 0.717) is 6.54 Å². The van der Waals surface area contributed by atoms with Gasteiger partial charge in [0.2, 0.25) is 0 Å². The summed E-state index contributed by atoms with van der Waals surface area (Å²) >= 11 is 0. The number of hydrogen-bond donors (Lipinski definition) is 2. The third-order valence-corrected chi connectivity index (χ3v) is 4.37. The number of benzene rings is 1. The van der Waals surface area contributed by atoms with Crippen molar-refractivity contribution in [2.45, 2.75) is 45.8 Å². The molecule has 0 aliphatic carbocycles. The van der Waals surface area contributed by atoms with Crippen molar-refractivity contribution < 1.29 is 9.31 Å². The molecule has 0 atom stereocenters. The van der Waals surface area contributed by atoms with Gasteiger partial charge < -0.3 is 20.8 Å². The third-order valence-electron chi connectivity index (χ3n) is 4.37. The summed E-state index contributed by atoms with van der Waals surface area (Å²) in [5.41, 5.74) is 14.9. The number of nitrogens with two attached hydrogens (primary N) is 2. The zero-order chi connectivity index (χ0) is 15.8. The van der Waals surface area contributed by atoms with E-state index in [-0.39, 0.29) is 11.2 Å². The second-order valence-corrected chi connectivity index (χ2v) is 6.64. The zero-order valence-corrected chi connectivity index (χ0v) is 13.6. The van der Waals surface area contributed by atoms with Gasteiger partial charge in [-0.3, -0.25) is 0 Å². The van der Waals surface area contributed by atoms with Crippen molar-refractivity contribution >= 4 is 18.9 Å². The Morgan fingerprint density at radius 2 is 1.76 bits per heavy atom. The van der Waals surface area contributed by atoms with Crippen LogP contribution in [0.4, 0.5) is 5.69 Å². The molecule has 0 spiro atoms. The van der Waals surface area contributed by atoms with E-state index in [1.807, 2.05) is 58.9 Å². The first-order chi connectivity index (χ1) is 9.66. The smallest absolute Gasteiger partial charge is 0.400 e. The monoisotopic (exact) mass is 288 g/mol. The summed E-state index contributed by atoms with van der Waals surface area (Å²) in [6.07, 6.45) is 1.98. The maximum absolute atomic E-state index is 6.05. The summed E-state index contributed by atoms with van der Waals surface area (Å²) < 4.78 is 12.1. The predicted octanol–water partition coefficient (Wildman–Crippen LogP) is 2.55. The fraction of sp³-hybridized carbons (Fsp3) is 0.500. The average Bonchev–Trinajstić information content (AvgIpc) is 2.59. The highest BCUT2D eigenvalue weighted by Crippen LogP contribution is 2.38. The van der Waals surface area contributed by atoms with E-state index >= 15 is 0 Å². The molecule has 0 bridgehead atoms. The molecule has 1 aliphatic rings. The molecule has 5 heteroatoms. The molecule has 1 saturated heterocycles. The molecule has 1 heterocycles. The summed E-state index contributed by atoms with van der Waals surface area (Å²) in [5, 5.41) is 0. The fourth-order valence-corrected chi connectivity index (χ4v) is 2.24. The van der Waals surface area contributed by atoms with Crippen LogP contribution in [0.15, 0.2) is 23.7 Å². The standard InChI is InChI=1S/C16H25BN2O2/c1-11-6-7-14(19)12(8-11)9-13(10-18)17-20-15(2,3)16(4,5)21-17/h6-9H,10,18-19H2,1-5H3. The molecule has 2 rings (SSSR count). The highest BCUT2D eigenvalue weighted by atomic mass is 16.7. The Labute approximate surface area is 127 Å². The molecule has 0 unspecified atom stereocenters. The molecule has 1 aromatic rings. The lowest BCUT2D eigenvalue weighted by molar-refractivity contribution is 0.00578. The van der Waals surface area contributed by atoms with Gasteiger partial charge in [-0.1, -0.05) is 23.8 Å². The number of hydrogen-bond acceptors (Lipinski definition) is 4. The molecule has 21 heavy (non-hydrogen) atoms. The third kappa shape index (κ3) is 3.15. The maximum atomic E-state index is 6.05. The van der Waals surface area contributed by atoms with Crippen LogP contribution < -0.4 is 11.5 Å². The Morgan fingerprint density at radius 3 is 2.29 bits per heavy atom. The Bertz CT molecular complexity index is 551. The topological polar surface area (TPSA) is 70.5 Å². The fourth-order valence-electron chi connectivity index (χ4n) is 2.24. The van der Waals surface area contributed by atoms with Crippen molar-refractivity contribution in [1.82, 2.24) is 0 Å². The van der Waals surface area contributed by atoms with Crippen LogP contribution in [0.3, 0.4) is 0 Å². The van der Waals surface area contributed by atoms with Crippen LogP contribution in [-0.2, 0) is 9.31 Å². The molecule has 1 fully saturated rings. The van der Waals surface area contributed by atoms with Crippen LogP contribution in [0.25, 0.3) is 6.08 Å². The molecule has 0 amide bonds. The van der Waals surface area contributed by atoms with Gasteiger partial charge in [0.25, 0.3) is 0 Å². The Morgan fingerprint density at radius 1 is 1.19 bits per heavy atom. The number of anilines is 1. The summed E-state index contributed by atoms with van der Waals surface area (Å²) in [4.78, 5) is 0. The maximum Gasteiger partial charge on any atom is 0.491 e. The number of nitrogen functional groups attached to an aromatic ring is 1. The average molecular weight is 288 g/mol. The molecule has 1 aromatic carbocycles. The zero-order valence-electron chi connectivity index (χ0n) is 13.6. The molecule has 4 N–H and O–H groups in total. The molecule has 4 nitrogen and oxygen atoms in total. The van der Waals surface area contributed by atoms with Crippen molar-refractivity contribution in [1.29, 1.82) is 0 Å². The second-order valence-electron chi connectivity index (χ2n) is 6.64. The summed E-state index contributed by atoms with van der Waals surface area (Å²) in [5.74, 6) is 0. The van der Waals surface area contributed by atoms with Crippen molar-refractivity contribution in [2.75, 3.05) is 12.3 Å². The van der Waals surface area contributed by atoms with Crippen LogP contribution in [0.2, 0.25) is 0 Å². The molecule has 114 valence electrons. The summed E-state index contributed by atoms with van der Waals surface area (Å²) in [6.45, 7) is 10.5.